The quantitative estimate of drug-likeness (QED) is 0.241. The Morgan fingerprint density at radius 3 is 2.46 bits per heavy atom. The van der Waals surface area contributed by atoms with Crippen molar-refractivity contribution >= 4 is 18.0 Å². The van der Waals surface area contributed by atoms with Crippen molar-refractivity contribution in [1.82, 2.24) is 0 Å². The van der Waals surface area contributed by atoms with E-state index in [1.165, 1.54) is 38.2 Å². The average molecular weight is 383 g/mol. The molecule has 1 unspecified atom stereocenters. The van der Waals surface area contributed by atoms with Gasteiger partial charge >= 0.3 is 5.97 Å². The first-order valence-electron chi connectivity index (χ1n) is 10.2. The molecule has 1 aliphatic rings. The van der Waals surface area contributed by atoms with Gasteiger partial charge in [-0.05, 0) is 43.2 Å². The number of rotatable bonds is 10. The zero-order valence-electron chi connectivity index (χ0n) is 16.6. The molecule has 1 aromatic rings. The lowest BCUT2D eigenvalue weighted by Crippen LogP contribution is -2.04. The molecule has 1 atom stereocenters. The third-order valence-electron chi connectivity index (χ3n) is 5.20. The van der Waals surface area contributed by atoms with Gasteiger partial charge in [-0.15, -0.1) is 0 Å². The molecule has 0 aliphatic heterocycles. The molecule has 1 aliphatic carbocycles. The van der Waals surface area contributed by atoms with Gasteiger partial charge in [0.25, 0.3) is 0 Å². The van der Waals surface area contributed by atoms with E-state index >= 15 is 0 Å². The highest BCUT2D eigenvalue weighted by atomic mass is 16.5. The van der Waals surface area contributed by atoms with E-state index in [9.17, 15) is 14.4 Å². The summed E-state index contributed by atoms with van der Waals surface area (Å²) in [5.41, 5.74) is 1.47. The van der Waals surface area contributed by atoms with Crippen LogP contribution in [-0.4, -0.2) is 18.0 Å². The zero-order valence-corrected chi connectivity index (χ0v) is 16.6. The maximum absolute atomic E-state index is 12.3. The molecule has 1 fully saturated rings. The molecule has 0 heterocycles. The van der Waals surface area contributed by atoms with Gasteiger partial charge in [0, 0.05) is 17.6 Å². The van der Waals surface area contributed by atoms with Gasteiger partial charge < -0.3 is 9.53 Å². The fourth-order valence-electron chi connectivity index (χ4n) is 3.27. The molecule has 0 spiro atoms. The first kappa shape index (κ1) is 21.8. The van der Waals surface area contributed by atoms with Crippen LogP contribution in [0.25, 0.3) is 0 Å². The maximum atomic E-state index is 12.3. The van der Waals surface area contributed by atoms with Crippen LogP contribution in [0.4, 0.5) is 0 Å². The highest BCUT2D eigenvalue weighted by molar-refractivity contribution is 6.04. The molecule has 4 nitrogen and oxygen atoms in total. The highest BCUT2D eigenvalue weighted by Crippen LogP contribution is 2.24. The van der Waals surface area contributed by atoms with Crippen LogP contribution in [0.3, 0.4) is 0 Å². The van der Waals surface area contributed by atoms with Crippen LogP contribution in [0.5, 0.6) is 0 Å². The summed E-state index contributed by atoms with van der Waals surface area (Å²) < 4.78 is 5.19. The Morgan fingerprint density at radius 2 is 1.82 bits per heavy atom. The molecule has 0 N–H and O–H groups in total. The van der Waals surface area contributed by atoms with E-state index in [0.29, 0.717) is 17.9 Å². The predicted molar refractivity (Wildman–Crippen MR) is 110 cm³/mol. The first-order chi connectivity index (χ1) is 13.6. The van der Waals surface area contributed by atoms with Crippen LogP contribution in [-0.2, 0) is 20.9 Å². The lowest BCUT2D eigenvalue weighted by Gasteiger charge is -2.17. The number of carbonyl (C=O) groups excluding carboxylic acids is 3. The molecule has 0 bridgehead atoms. The zero-order chi connectivity index (χ0) is 20.2. The van der Waals surface area contributed by atoms with Crippen LogP contribution < -0.4 is 0 Å². The molecular formula is C24H30O4. The van der Waals surface area contributed by atoms with Crippen molar-refractivity contribution in [2.45, 2.75) is 58.5 Å². The second kappa shape index (κ2) is 12.1. The minimum Gasteiger partial charge on any atom is -0.458 e. The Morgan fingerprint density at radius 1 is 1.11 bits per heavy atom. The largest absolute Gasteiger partial charge is 0.458 e. The molecular weight excluding hydrogens is 352 g/mol. The number of benzene rings is 1. The molecule has 0 amide bonds. The molecule has 150 valence electrons. The van der Waals surface area contributed by atoms with E-state index in [2.05, 4.69) is 6.08 Å². The SMILES string of the molecule is CCC(C=O)CC=CC(=O)OCc1ccc(C(=O)C=CC2CCCCC2)cc1. The maximum Gasteiger partial charge on any atom is 0.330 e. The van der Waals surface area contributed by atoms with Gasteiger partial charge in [0.15, 0.2) is 5.78 Å². The van der Waals surface area contributed by atoms with Gasteiger partial charge in [0.05, 0.1) is 0 Å². The third kappa shape index (κ3) is 7.63. The Balaban J connectivity index is 1.77. The molecule has 1 saturated carbocycles. The Hall–Kier alpha value is -2.49. The summed E-state index contributed by atoms with van der Waals surface area (Å²) in [4.78, 5) is 34.7. The van der Waals surface area contributed by atoms with Crippen LogP contribution in [0.2, 0.25) is 0 Å². The Kier molecular flexibility index (Phi) is 9.40. The minimum atomic E-state index is -0.434. The molecule has 2 rings (SSSR count). The molecule has 0 radical (unpaired) electrons. The van der Waals surface area contributed by atoms with E-state index in [-0.39, 0.29) is 18.3 Å². The second-order valence-corrected chi connectivity index (χ2v) is 7.37. The van der Waals surface area contributed by atoms with Crippen molar-refractivity contribution in [2.24, 2.45) is 11.8 Å². The van der Waals surface area contributed by atoms with Crippen molar-refractivity contribution in [1.29, 1.82) is 0 Å². The number of carbonyl (C=O) groups is 3. The van der Waals surface area contributed by atoms with Gasteiger partial charge in [0.2, 0.25) is 0 Å². The number of hydrogen-bond donors (Lipinski definition) is 0. The lowest BCUT2D eigenvalue weighted by molar-refractivity contribution is -0.139. The number of aldehydes is 1. The summed E-state index contributed by atoms with van der Waals surface area (Å²) in [6, 6.07) is 7.14. The normalized spacial score (nSPS) is 16.3. The number of hydrogen-bond acceptors (Lipinski definition) is 4. The lowest BCUT2D eigenvalue weighted by atomic mass is 9.89. The second-order valence-electron chi connectivity index (χ2n) is 7.37. The number of ether oxygens (including phenoxy) is 1. The standard InChI is InChI=1S/C24H30O4/c1-2-19(17-25)9-6-10-24(27)28-18-21-11-14-22(15-12-21)23(26)16-13-20-7-4-3-5-8-20/h6,10-17,19-20H,2-5,7-9,18H2,1H3. The summed E-state index contributed by atoms with van der Waals surface area (Å²) >= 11 is 0. The summed E-state index contributed by atoms with van der Waals surface area (Å²) in [5, 5.41) is 0. The topological polar surface area (TPSA) is 60.4 Å². The van der Waals surface area contributed by atoms with Crippen molar-refractivity contribution < 1.29 is 19.1 Å². The minimum absolute atomic E-state index is 0.0118. The molecule has 28 heavy (non-hydrogen) atoms. The van der Waals surface area contributed by atoms with E-state index in [1.807, 2.05) is 6.92 Å². The number of ketones is 1. The van der Waals surface area contributed by atoms with Gasteiger partial charge in [-0.3, -0.25) is 4.79 Å². The van der Waals surface area contributed by atoms with Crippen molar-refractivity contribution in [3.8, 4) is 0 Å². The molecule has 0 saturated heterocycles. The highest BCUT2D eigenvalue weighted by Gasteiger charge is 2.11. The smallest absolute Gasteiger partial charge is 0.330 e. The number of esters is 1. The van der Waals surface area contributed by atoms with Crippen molar-refractivity contribution in [2.75, 3.05) is 0 Å². The summed E-state index contributed by atoms with van der Waals surface area (Å²) in [6.45, 7) is 2.09. The van der Waals surface area contributed by atoms with Crippen LogP contribution in [0.15, 0.2) is 48.6 Å². The first-order valence-corrected chi connectivity index (χ1v) is 10.2. The third-order valence-corrected chi connectivity index (χ3v) is 5.20. The van der Waals surface area contributed by atoms with Crippen molar-refractivity contribution in [3.63, 3.8) is 0 Å². The number of allylic oxidation sites excluding steroid dienone is 3. The monoisotopic (exact) mass is 382 g/mol. The van der Waals surface area contributed by atoms with Crippen LogP contribution in [0, 0.1) is 11.8 Å². The summed E-state index contributed by atoms with van der Waals surface area (Å²) in [5.74, 6) is 0.0545. The van der Waals surface area contributed by atoms with Crippen LogP contribution in [0.1, 0.15) is 67.8 Å². The van der Waals surface area contributed by atoms with Gasteiger partial charge in [-0.25, -0.2) is 4.79 Å². The molecule has 0 aromatic heterocycles. The van der Waals surface area contributed by atoms with Crippen molar-refractivity contribution in [3.05, 3.63) is 59.7 Å². The summed E-state index contributed by atoms with van der Waals surface area (Å²) in [6.07, 6.45) is 15.1. The Labute approximate surface area is 167 Å². The molecule has 1 aromatic carbocycles. The van der Waals surface area contributed by atoms with Crippen LogP contribution >= 0.6 is 0 Å². The van der Waals surface area contributed by atoms with E-state index in [0.717, 1.165) is 18.3 Å². The van der Waals surface area contributed by atoms with Gasteiger partial charge in [-0.2, -0.15) is 0 Å². The Bertz CT molecular complexity index is 694. The fraction of sp³-hybridized carbons (Fsp3) is 0.458. The summed E-state index contributed by atoms with van der Waals surface area (Å²) in [7, 11) is 0. The molecule has 4 heteroatoms. The van der Waals surface area contributed by atoms with E-state index < -0.39 is 5.97 Å². The van der Waals surface area contributed by atoms with E-state index in [1.54, 1.807) is 36.4 Å². The average Bonchev–Trinajstić information content (AvgIpc) is 2.74. The van der Waals surface area contributed by atoms with E-state index in [4.69, 9.17) is 4.74 Å². The fourth-order valence-corrected chi connectivity index (χ4v) is 3.27. The van der Waals surface area contributed by atoms with Gasteiger partial charge in [0.1, 0.15) is 12.9 Å². The predicted octanol–water partition coefficient (Wildman–Crippen LogP) is 5.22. The van der Waals surface area contributed by atoms with Gasteiger partial charge in [-0.1, -0.05) is 62.6 Å².